The van der Waals surface area contributed by atoms with E-state index in [2.05, 4.69) is 10.3 Å². The highest BCUT2D eigenvalue weighted by Crippen LogP contribution is 2.19. The fourth-order valence-corrected chi connectivity index (χ4v) is 2.40. The average molecular weight is 291 g/mol. The molecule has 0 unspecified atom stereocenters. The lowest BCUT2D eigenvalue weighted by molar-refractivity contribution is 0.0210. The van der Waals surface area contributed by atoms with Crippen LogP contribution in [0.25, 0.3) is 0 Å². The van der Waals surface area contributed by atoms with E-state index in [0.717, 1.165) is 37.3 Å². The Bertz CT molecular complexity index is 489. The maximum Gasteiger partial charge on any atom is 0.410 e. The van der Waals surface area contributed by atoms with Crippen molar-refractivity contribution in [3.05, 3.63) is 24.0 Å². The van der Waals surface area contributed by atoms with Crippen molar-refractivity contribution in [1.29, 1.82) is 0 Å². The van der Waals surface area contributed by atoms with Crippen LogP contribution in [0.1, 0.15) is 39.3 Å². The van der Waals surface area contributed by atoms with E-state index >= 15 is 0 Å². The zero-order valence-corrected chi connectivity index (χ0v) is 13.3. The van der Waals surface area contributed by atoms with E-state index in [0.29, 0.717) is 6.04 Å². The maximum atomic E-state index is 12.0. The lowest BCUT2D eigenvalue weighted by Gasteiger charge is -2.34. The van der Waals surface area contributed by atoms with Gasteiger partial charge in [0.25, 0.3) is 0 Å². The molecule has 1 aliphatic heterocycles. The van der Waals surface area contributed by atoms with Gasteiger partial charge in [-0.15, -0.1) is 0 Å². The first kappa shape index (κ1) is 15.6. The first-order chi connectivity index (χ1) is 9.83. The van der Waals surface area contributed by atoms with E-state index in [9.17, 15) is 4.79 Å². The van der Waals surface area contributed by atoms with Crippen LogP contribution in [0.3, 0.4) is 0 Å². The molecule has 0 aliphatic carbocycles. The van der Waals surface area contributed by atoms with Crippen LogP contribution >= 0.6 is 0 Å². The van der Waals surface area contributed by atoms with Gasteiger partial charge in [0.05, 0.1) is 0 Å². The Morgan fingerprint density at radius 3 is 2.62 bits per heavy atom. The summed E-state index contributed by atoms with van der Waals surface area (Å²) >= 11 is 0. The largest absolute Gasteiger partial charge is 0.444 e. The molecule has 1 aromatic heterocycles. The fraction of sp³-hybridized carbons (Fsp3) is 0.625. The second-order valence-electron chi connectivity index (χ2n) is 6.57. The average Bonchev–Trinajstić information content (AvgIpc) is 2.37. The Labute approximate surface area is 126 Å². The predicted molar refractivity (Wildman–Crippen MR) is 83.4 cm³/mol. The van der Waals surface area contributed by atoms with Gasteiger partial charge in [0, 0.05) is 36.7 Å². The molecule has 1 saturated heterocycles. The number of nitrogens with zero attached hydrogens (tertiary/aromatic N) is 2. The lowest BCUT2D eigenvalue weighted by atomic mass is 10.1. The highest BCUT2D eigenvalue weighted by molar-refractivity contribution is 5.68. The van der Waals surface area contributed by atoms with E-state index in [-0.39, 0.29) is 6.09 Å². The van der Waals surface area contributed by atoms with Crippen molar-refractivity contribution in [3.8, 4) is 0 Å². The van der Waals surface area contributed by atoms with Gasteiger partial charge in [-0.05, 0) is 52.7 Å². The summed E-state index contributed by atoms with van der Waals surface area (Å²) in [6.45, 7) is 9.13. The first-order valence-electron chi connectivity index (χ1n) is 7.50. The van der Waals surface area contributed by atoms with Gasteiger partial charge in [0.2, 0.25) is 0 Å². The number of pyridine rings is 1. The van der Waals surface area contributed by atoms with Gasteiger partial charge in [0.15, 0.2) is 0 Å². The summed E-state index contributed by atoms with van der Waals surface area (Å²) in [5.74, 6) is 0. The van der Waals surface area contributed by atoms with Crippen LogP contribution in [0, 0.1) is 6.92 Å². The minimum atomic E-state index is -0.430. The van der Waals surface area contributed by atoms with Gasteiger partial charge in [0.1, 0.15) is 5.60 Å². The molecular formula is C16H25N3O2. The van der Waals surface area contributed by atoms with Crippen LogP contribution in [0.15, 0.2) is 18.3 Å². The number of hydrogen-bond donors (Lipinski definition) is 1. The van der Waals surface area contributed by atoms with Crippen LogP contribution in [-0.4, -0.2) is 40.7 Å². The van der Waals surface area contributed by atoms with Gasteiger partial charge >= 0.3 is 6.09 Å². The minimum absolute atomic E-state index is 0.208. The van der Waals surface area contributed by atoms with Gasteiger partial charge in [-0.1, -0.05) is 0 Å². The smallest absolute Gasteiger partial charge is 0.410 e. The molecule has 2 rings (SSSR count). The number of nitrogens with one attached hydrogen (secondary N) is 1. The lowest BCUT2D eigenvalue weighted by Crippen LogP contribution is -2.44. The molecule has 1 aromatic rings. The number of ether oxygens (including phenoxy) is 1. The third-order valence-corrected chi connectivity index (χ3v) is 3.41. The second kappa shape index (κ2) is 6.33. The van der Waals surface area contributed by atoms with E-state index in [1.54, 1.807) is 4.90 Å². The Morgan fingerprint density at radius 1 is 1.38 bits per heavy atom. The molecular weight excluding hydrogens is 266 g/mol. The Balaban J connectivity index is 1.82. The number of rotatable bonds is 2. The van der Waals surface area contributed by atoms with Crippen molar-refractivity contribution < 1.29 is 9.53 Å². The molecule has 0 radical (unpaired) electrons. The summed E-state index contributed by atoms with van der Waals surface area (Å²) in [4.78, 5) is 18.0. The third-order valence-electron chi connectivity index (χ3n) is 3.41. The number of amides is 1. The molecule has 5 heteroatoms. The Kier molecular flexibility index (Phi) is 4.70. The molecule has 116 valence electrons. The molecule has 0 bridgehead atoms. The third kappa shape index (κ3) is 4.92. The SMILES string of the molecule is Cc1cc(NC2CCN(C(=O)OC(C)(C)C)CC2)ccn1. The molecule has 0 aromatic carbocycles. The highest BCUT2D eigenvalue weighted by atomic mass is 16.6. The molecule has 1 amide bonds. The van der Waals surface area contributed by atoms with E-state index in [1.165, 1.54) is 0 Å². The van der Waals surface area contributed by atoms with Gasteiger partial charge < -0.3 is 15.0 Å². The van der Waals surface area contributed by atoms with Crippen LogP contribution < -0.4 is 5.32 Å². The summed E-state index contributed by atoms with van der Waals surface area (Å²) in [6.07, 6.45) is 3.47. The van der Waals surface area contributed by atoms with Gasteiger partial charge in [-0.2, -0.15) is 0 Å². The minimum Gasteiger partial charge on any atom is -0.444 e. The van der Waals surface area contributed by atoms with Crippen LogP contribution in [0.4, 0.5) is 10.5 Å². The highest BCUT2D eigenvalue weighted by Gasteiger charge is 2.26. The zero-order chi connectivity index (χ0) is 15.5. The predicted octanol–water partition coefficient (Wildman–Crippen LogP) is 3.20. The Hall–Kier alpha value is -1.78. The summed E-state index contributed by atoms with van der Waals surface area (Å²) in [6, 6.07) is 4.42. The second-order valence-corrected chi connectivity index (χ2v) is 6.57. The van der Waals surface area contributed by atoms with Crippen LogP contribution in [0.2, 0.25) is 0 Å². The van der Waals surface area contributed by atoms with E-state index in [4.69, 9.17) is 4.74 Å². The molecule has 0 atom stereocenters. The molecule has 2 heterocycles. The van der Waals surface area contributed by atoms with Crippen molar-refractivity contribution >= 4 is 11.8 Å². The standard InChI is InChI=1S/C16H25N3O2/c1-12-11-14(5-8-17-12)18-13-6-9-19(10-7-13)15(20)21-16(2,3)4/h5,8,11,13H,6-7,9-10H2,1-4H3,(H,17,18). The summed E-state index contributed by atoms with van der Waals surface area (Å²) in [7, 11) is 0. The quantitative estimate of drug-likeness (QED) is 0.909. The van der Waals surface area contributed by atoms with Crippen molar-refractivity contribution in [3.63, 3.8) is 0 Å². The van der Waals surface area contributed by atoms with Crippen molar-refractivity contribution in [2.24, 2.45) is 0 Å². The number of aryl methyl sites for hydroxylation is 1. The van der Waals surface area contributed by atoms with Crippen molar-refractivity contribution in [1.82, 2.24) is 9.88 Å². The van der Waals surface area contributed by atoms with Crippen molar-refractivity contribution in [2.75, 3.05) is 18.4 Å². The summed E-state index contributed by atoms with van der Waals surface area (Å²) in [5, 5.41) is 3.51. The number of aromatic nitrogens is 1. The maximum absolute atomic E-state index is 12.0. The number of piperidine rings is 1. The summed E-state index contributed by atoms with van der Waals surface area (Å²) in [5.41, 5.74) is 1.67. The topological polar surface area (TPSA) is 54.5 Å². The normalized spacial score (nSPS) is 16.7. The molecule has 1 aliphatic rings. The van der Waals surface area contributed by atoms with Gasteiger partial charge in [-0.3, -0.25) is 4.98 Å². The molecule has 0 saturated carbocycles. The van der Waals surface area contributed by atoms with Crippen molar-refractivity contribution in [2.45, 2.75) is 52.2 Å². The molecule has 1 N–H and O–H groups in total. The molecule has 1 fully saturated rings. The molecule has 5 nitrogen and oxygen atoms in total. The number of carbonyl (C=O) groups excluding carboxylic acids is 1. The van der Waals surface area contributed by atoms with Crippen LogP contribution in [0.5, 0.6) is 0 Å². The zero-order valence-electron chi connectivity index (χ0n) is 13.3. The number of likely N-dealkylation sites (tertiary alicyclic amines) is 1. The Morgan fingerprint density at radius 2 is 2.05 bits per heavy atom. The first-order valence-corrected chi connectivity index (χ1v) is 7.50. The number of anilines is 1. The van der Waals surface area contributed by atoms with E-state index in [1.807, 2.05) is 46.0 Å². The van der Waals surface area contributed by atoms with E-state index < -0.39 is 5.60 Å². The molecule has 0 spiro atoms. The fourth-order valence-electron chi connectivity index (χ4n) is 2.40. The van der Waals surface area contributed by atoms with Crippen LogP contribution in [-0.2, 0) is 4.74 Å². The molecule has 21 heavy (non-hydrogen) atoms. The monoisotopic (exact) mass is 291 g/mol. The number of carbonyl (C=O) groups is 1. The summed E-state index contributed by atoms with van der Waals surface area (Å²) < 4.78 is 5.40. The van der Waals surface area contributed by atoms with Gasteiger partial charge in [-0.25, -0.2) is 4.79 Å². The number of hydrogen-bond acceptors (Lipinski definition) is 4.